The second-order valence-corrected chi connectivity index (χ2v) is 9.34. The van der Waals surface area contributed by atoms with Crippen molar-refractivity contribution in [2.45, 2.75) is 23.3 Å². The summed E-state index contributed by atoms with van der Waals surface area (Å²) >= 11 is 6.24. The molecule has 0 spiro atoms. The van der Waals surface area contributed by atoms with Gasteiger partial charge in [0.15, 0.2) is 5.82 Å². The zero-order valence-corrected chi connectivity index (χ0v) is 16.8. The Bertz CT molecular complexity index is 1250. The van der Waals surface area contributed by atoms with Crippen LogP contribution in [0.4, 0.5) is 19.0 Å². The first-order valence-corrected chi connectivity index (χ1v) is 10.6. The molecule has 160 valence electrons. The Labute approximate surface area is 174 Å². The number of halogens is 4. The molecule has 30 heavy (non-hydrogen) atoms. The van der Waals surface area contributed by atoms with Crippen molar-refractivity contribution in [2.24, 2.45) is 0 Å². The van der Waals surface area contributed by atoms with E-state index in [2.05, 4.69) is 10.2 Å². The fraction of sp³-hybridized carbons (Fsp3) is 0.278. The Morgan fingerprint density at radius 2 is 2.00 bits per heavy atom. The minimum atomic E-state index is -4.35. The maximum Gasteiger partial charge on any atom is 0.263 e. The zero-order chi connectivity index (χ0) is 21.8. The number of benzene rings is 2. The molecule has 0 saturated carbocycles. The number of H-pyrrole nitrogens is 1. The van der Waals surface area contributed by atoms with E-state index in [-0.39, 0.29) is 32.2 Å². The van der Waals surface area contributed by atoms with Crippen molar-refractivity contribution in [1.82, 2.24) is 14.5 Å². The molecule has 0 amide bonds. The summed E-state index contributed by atoms with van der Waals surface area (Å²) in [6.07, 6.45) is -0.772. The van der Waals surface area contributed by atoms with Crippen LogP contribution in [0.1, 0.15) is 6.42 Å². The van der Waals surface area contributed by atoms with Gasteiger partial charge >= 0.3 is 0 Å². The second kappa shape index (κ2) is 7.12. The number of nitrogens with zero attached hydrogens (tertiary/aromatic N) is 2. The van der Waals surface area contributed by atoms with Crippen LogP contribution >= 0.6 is 11.6 Å². The van der Waals surface area contributed by atoms with E-state index >= 15 is 0 Å². The Kier molecular flexibility index (Phi) is 4.96. The van der Waals surface area contributed by atoms with Crippen LogP contribution in [0.5, 0.6) is 0 Å². The van der Waals surface area contributed by atoms with Crippen LogP contribution in [-0.4, -0.2) is 53.1 Å². The highest BCUT2D eigenvalue weighted by Crippen LogP contribution is 2.39. The number of anilines is 1. The standard InChI is InChI=1S/C18H16ClF3N4O3S/c19-13-5-10(30(28,29)26-8-18(21,22)6-9(26)7-27)1-2-11(13)12-3-4-14-15(16(12)20)17(23)25-24-14/h1-5,9,27H,6-8H2,(H3,23,24,25)/t9-/m0/s1. The van der Waals surface area contributed by atoms with Gasteiger partial charge in [0.2, 0.25) is 10.0 Å². The summed E-state index contributed by atoms with van der Waals surface area (Å²) in [7, 11) is -4.35. The van der Waals surface area contributed by atoms with E-state index in [4.69, 9.17) is 17.3 Å². The maximum absolute atomic E-state index is 15.0. The van der Waals surface area contributed by atoms with Gasteiger partial charge in [-0.15, -0.1) is 0 Å². The summed E-state index contributed by atoms with van der Waals surface area (Å²) < 4.78 is 68.7. The van der Waals surface area contributed by atoms with Crippen LogP contribution in [0.3, 0.4) is 0 Å². The van der Waals surface area contributed by atoms with Crippen molar-refractivity contribution in [3.63, 3.8) is 0 Å². The van der Waals surface area contributed by atoms with E-state index in [1.807, 2.05) is 0 Å². The predicted molar refractivity (Wildman–Crippen MR) is 105 cm³/mol. The average Bonchev–Trinajstić information content (AvgIpc) is 3.22. The lowest BCUT2D eigenvalue weighted by atomic mass is 10.0. The average molecular weight is 461 g/mol. The monoisotopic (exact) mass is 460 g/mol. The van der Waals surface area contributed by atoms with E-state index < -0.39 is 47.4 Å². The van der Waals surface area contributed by atoms with Gasteiger partial charge in [0, 0.05) is 22.6 Å². The highest BCUT2D eigenvalue weighted by molar-refractivity contribution is 7.89. The first-order valence-electron chi connectivity index (χ1n) is 8.77. The molecule has 1 aliphatic heterocycles. The number of nitrogens with one attached hydrogen (secondary N) is 1. The third-order valence-electron chi connectivity index (χ3n) is 5.07. The molecule has 0 radical (unpaired) electrons. The molecule has 2 aromatic carbocycles. The molecule has 1 atom stereocenters. The number of hydrogen-bond donors (Lipinski definition) is 3. The van der Waals surface area contributed by atoms with E-state index in [1.165, 1.54) is 12.1 Å². The number of nitrogen functional groups attached to an aromatic ring is 1. The second-order valence-electron chi connectivity index (χ2n) is 7.05. The van der Waals surface area contributed by atoms with Gasteiger partial charge in [0.05, 0.1) is 35.0 Å². The van der Waals surface area contributed by atoms with E-state index in [9.17, 15) is 26.7 Å². The molecule has 2 heterocycles. The quantitative estimate of drug-likeness (QED) is 0.554. The fourth-order valence-electron chi connectivity index (χ4n) is 3.62. The van der Waals surface area contributed by atoms with E-state index in [0.29, 0.717) is 9.82 Å². The van der Waals surface area contributed by atoms with Crippen LogP contribution in [0.2, 0.25) is 5.02 Å². The summed E-state index contributed by atoms with van der Waals surface area (Å²) in [6, 6.07) is 5.26. The number of rotatable bonds is 4. The van der Waals surface area contributed by atoms with E-state index in [0.717, 1.165) is 12.1 Å². The van der Waals surface area contributed by atoms with Gasteiger partial charge < -0.3 is 10.8 Å². The Morgan fingerprint density at radius 1 is 1.30 bits per heavy atom. The van der Waals surface area contributed by atoms with Crippen molar-refractivity contribution in [3.8, 4) is 11.1 Å². The third kappa shape index (κ3) is 3.31. The van der Waals surface area contributed by atoms with E-state index in [1.54, 1.807) is 6.07 Å². The topological polar surface area (TPSA) is 112 Å². The molecule has 0 unspecified atom stereocenters. The lowest BCUT2D eigenvalue weighted by Crippen LogP contribution is -2.38. The molecule has 7 nitrogen and oxygen atoms in total. The Balaban J connectivity index is 1.76. The number of aliphatic hydroxyl groups excluding tert-OH is 1. The van der Waals surface area contributed by atoms with Gasteiger partial charge in [0.1, 0.15) is 5.82 Å². The number of sulfonamides is 1. The molecule has 4 N–H and O–H groups in total. The summed E-state index contributed by atoms with van der Waals surface area (Å²) in [4.78, 5) is -0.336. The lowest BCUT2D eigenvalue weighted by Gasteiger charge is -2.22. The molecule has 1 aliphatic rings. The van der Waals surface area contributed by atoms with Gasteiger partial charge in [-0.25, -0.2) is 21.6 Å². The number of aromatic amines is 1. The minimum absolute atomic E-state index is 0.0373. The number of fused-ring (bicyclic) bond motifs is 1. The number of hydrogen-bond acceptors (Lipinski definition) is 5. The number of alkyl halides is 2. The van der Waals surface area contributed by atoms with Crippen molar-refractivity contribution in [1.29, 1.82) is 0 Å². The summed E-state index contributed by atoms with van der Waals surface area (Å²) in [6.45, 7) is -1.77. The largest absolute Gasteiger partial charge is 0.395 e. The zero-order valence-electron chi connectivity index (χ0n) is 15.2. The minimum Gasteiger partial charge on any atom is -0.395 e. The molecular formula is C18H16ClF3N4O3S. The molecule has 0 bridgehead atoms. The smallest absolute Gasteiger partial charge is 0.263 e. The molecule has 0 aliphatic carbocycles. The molecule has 1 aromatic heterocycles. The fourth-order valence-corrected chi connectivity index (χ4v) is 5.64. The summed E-state index contributed by atoms with van der Waals surface area (Å²) in [5.41, 5.74) is 6.33. The van der Waals surface area contributed by atoms with Crippen molar-refractivity contribution in [2.75, 3.05) is 18.9 Å². The summed E-state index contributed by atoms with van der Waals surface area (Å²) in [5, 5.41) is 15.6. The van der Waals surface area contributed by atoms with Crippen molar-refractivity contribution in [3.05, 3.63) is 41.2 Å². The highest BCUT2D eigenvalue weighted by atomic mass is 35.5. The molecule has 1 fully saturated rings. The normalized spacial score (nSPS) is 19.6. The molecular weight excluding hydrogens is 445 g/mol. The predicted octanol–water partition coefficient (Wildman–Crippen LogP) is 3.00. The maximum atomic E-state index is 15.0. The molecule has 12 heteroatoms. The van der Waals surface area contributed by atoms with Gasteiger partial charge in [-0.3, -0.25) is 5.10 Å². The van der Waals surface area contributed by atoms with Gasteiger partial charge in [-0.05, 0) is 24.3 Å². The SMILES string of the molecule is Nc1n[nH]c2ccc(-c3ccc(S(=O)(=O)N4CC(F)(F)C[C@H]4CO)cc3Cl)c(F)c12. The van der Waals surface area contributed by atoms with Crippen LogP contribution in [0.25, 0.3) is 22.0 Å². The highest BCUT2D eigenvalue weighted by Gasteiger charge is 2.49. The number of aliphatic hydroxyl groups is 1. The number of nitrogens with two attached hydrogens (primary N) is 1. The molecule has 1 saturated heterocycles. The lowest BCUT2D eigenvalue weighted by molar-refractivity contribution is 0.0161. The summed E-state index contributed by atoms with van der Waals surface area (Å²) in [5.74, 6) is -3.96. The molecule has 4 rings (SSSR count). The van der Waals surface area contributed by atoms with Crippen LogP contribution in [0.15, 0.2) is 35.2 Å². The first-order chi connectivity index (χ1) is 14.0. The first kappa shape index (κ1) is 20.9. The Hall–Kier alpha value is -2.34. The van der Waals surface area contributed by atoms with Crippen LogP contribution in [-0.2, 0) is 10.0 Å². The van der Waals surface area contributed by atoms with Gasteiger partial charge in [-0.1, -0.05) is 17.7 Å². The van der Waals surface area contributed by atoms with Gasteiger partial charge in [-0.2, -0.15) is 9.40 Å². The molecule has 3 aromatic rings. The van der Waals surface area contributed by atoms with Crippen LogP contribution < -0.4 is 5.73 Å². The number of aromatic nitrogens is 2. The third-order valence-corrected chi connectivity index (χ3v) is 7.28. The van der Waals surface area contributed by atoms with Crippen LogP contribution in [0, 0.1) is 5.82 Å². The van der Waals surface area contributed by atoms with Crippen molar-refractivity contribution >= 4 is 38.3 Å². The van der Waals surface area contributed by atoms with Gasteiger partial charge in [0.25, 0.3) is 5.92 Å². The Morgan fingerprint density at radius 3 is 2.67 bits per heavy atom. The van der Waals surface area contributed by atoms with Crippen molar-refractivity contribution < 1.29 is 26.7 Å².